The maximum Gasteiger partial charge on any atom is 0.335 e. The number of esters is 1. The van der Waals surface area contributed by atoms with Gasteiger partial charge >= 0.3 is 5.97 Å². The molecule has 0 aliphatic carbocycles. The maximum atomic E-state index is 11.0. The van der Waals surface area contributed by atoms with E-state index in [9.17, 15) is 9.90 Å². The SMILES string of the molecule is C=C(C)C[C@@H](O)C(=O)OC(C)C. The van der Waals surface area contributed by atoms with E-state index >= 15 is 0 Å². The number of aliphatic hydroxyl groups is 1. The van der Waals surface area contributed by atoms with Gasteiger partial charge in [-0.1, -0.05) is 5.57 Å². The van der Waals surface area contributed by atoms with E-state index in [0.29, 0.717) is 0 Å². The number of aliphatic hydroxyl groups excluding tert-OH is 1. The lowest BCUT2D eigenvalue weighted by atomic mass is 10.1. The van der Waals surface area contributed by atoms with E-state index in [1.54, 1.807) is 20.8 Å². The predicted octanol–water partition coefficient (Wildman–Crippen LogP) is 1.27. The molecular weight excluding hydrogens is 156 g/mol. The van der Waals surface area contributed by atoms with Gasteiger partial charge < -0.3 is 9.84 Å². The Labute approximate surface area is 73.0 Å². The number of hydrogen-bond acceptors (Lipinski definition) is 3. The molecule has 0 spiro atoms. The third-order valence-electron chi connectivity index (χ3n) is 1.17. The number of ether oxygens (including phenoxy) is 1. The standard InChI is InChI=1S/C9H16O3/c1-6(2)5-8(10)9(11)12-7(3)4/h7-8,10H,1,5H2,2-4H3/t8-/m1/s1. The lowest BCUT2D eigenvalue weighted by molar-refractivity contribution is -0.157. The summed E-state index contributed by atoms with van der Waals surface area (Å²) in [5.74, 6) is -0.576. The Morgan fingerprint density at radius 3 is 2.42 bits per heavy atom. The third-order valence-corrected chi connectivity index (χ3v) is 1.17. The Balaban J connectivity index is 3.85. The molecule has 0 aromatic rings. The first-order valence-electron chi connectivity index (χ1n) is 3.96. The lowest BCUT2D eigenvalue weighted by Crippen LogP contribution is -2.25. The Kier molecular flexibility index (Phi) is 4.59. The Bertz CT molecular complexity index is 173. The summed E-state index contributed by atoms with van der Waals surface area (Å²) >= 11 is 0. The van der Waals surface area contributed by atoms with Crippen molar-refractivity contribution in [3.05, 3.63) is 12.2 Å². The first-order valence-corrected chi connectivity index (χ1v) is 3.96. The minimum Gasteiger partial charge on any atom is -0.461 e. The zero-order valence-electron chi connectivity index (χ0n) is 7.83. The predicted molar refractivity (Wildman–Crippen MR) is 46.7 cm³/mol. The van der Waals surface area contributed by atoms with Crippen molar-refractivity contribution >= 4 is 5.97 Å². The summed E-state index contributed by atoms with van der Waals surface area (Å²) in [7, 11) is 0. The van der Waals surface area contributed by atoms with E-state index in [4.69, 9.17) is 4.74 Å². The van der Waals surface area contributed by atoms with Crippen LogP contribution in [0.25, 0.3) is 0 Å². The summed E-state index contributed by atoms with van der Waals surface area (Å²) < 4.78 is 4.78. The maximum absolute atomic E-state index is 11.0. The lowest BCUT2D eigenvalue weighted by Gasteiger charge is -2.12. The minimum atomic E-state index is -1.06. The number of rotatable bonds is 4. The normalized spacial score (nSPS) is 12.8. The molecule has 70 valence electrons. The van der Waals surface area contributed by atoms with Crippen LogP contribution in [0, 0.1) is 0 Å². The van der Waals surface area contributed by atoms with Crippen LogP contribution in [0.2, 0.25) is 0 Å². The highest BCUT2D eigenvalue weighted by molar-refractivity contribution is 5.74. The second-order valence-corrected chi connectivity index (χ2v) is 3.16. The summed E-state index contributed by atoms with van der Waals surface area (Å²) in [6.45, 7) is 8.83. The molecule has 3 nitrogen and oxygen atoms in total. The largest absolute Gasteiger partial charge is 0.461 e. The van der Waals surface area contributed by atoms with Crippen LogP contribution >= 0.6 is 0 Å². The van der Waals surface area contributed by atoms with E-state index in [-0.39, 0.29) is 12.5 Å². The highest BCUT2D eigenvalue weighted by atomic mass is 16.6. The molecular formula is C9H16O3. The van der Waals surface area contributed by atoms with Crippen LogP contribution < -0.4 is 0 Å². The van der Waals surface area contributed by atoms with Crippen LogP contribution in [0.1, 0.15) is 27.2 Å². The van der Waals surface area contributed by atoms with Crippen LogP contribution in [0.15, 0.2) is 12.2 Å². The molecule has 0 aromatic carbocycles. The molecule has 3 heteroatoms. The highest BCUT2D eigenvalue weighted by Gasteiger charge is 2.17. The average Bonchev–Trinajstić information content (AvgIpc) is 1.84. The molecule has 0 bridgehead atoms. The molecule has 0 saturated heterocycles. The second-order valence-electron chi connectivity index (χ2n) is 3.16. The second kappa shape index (κ2) is 4.93. The van der Waals surface area contributed by atoms with Gasteiger partial charge in [0.1, 0.15) is 0 Å². The molecule has 0 rings (SSSR count). The van der Waals surface area contributed by atoms with Crippen LogP contribution in [0.3, 0.4) is 0 Å². The Morgan fingerprint density at radius 1 is 1.58 bits per heavy atom. The number of carbonyl (C=O) groups excluding carboxylic acids is 1. The van der Waals surface area contributed by atoms with Crippen molar-refractivity contribution in [2.75, 3.05) is 0 Å². The van der Waals surface area contributed by atoms with E-state index in [1.807, 2.05) is 0 Å². The van der Waals surface area contributed by atoms with Gasteiger partial charge in [-0.15, -0.1) is 6.58 Å². The van der Waals surface area contributed by atoms with Gasteiger partial charge in [0, 0.05) is 6.42 Å². The van der Waals surface area contributed by atoms with Gasteiger partial charge in [-0.3, -0.25) is 0 Å². The summed E-state index contributed by atoms with van der Waals surface area (Å²) in [5.41, 5.74) is 0.767. The molecule has 0 aliphatic rings. The number of hydrogen-bond donors (Lipinski definition) is 1. The fourth-order valence-corrected chi connectivity index (χ4v) is 0.724. The highest BCUT2D eigenvalue weighted by Crippen LogP contribution is 2.04. The molecule has 0 heterocycles. The Morgan fingerprint density at radius 2 is 2.08 bits per heavy atom. The summed E-state index contributed by atoms with van der Waals surface area (Å²) in [6.07, 6.45) is -0.979. The van der Waals surface area contributed by atoms with Gasteiger partial charge in [0.2, 0.25) is 0 Å². The van der Waals surface area contributed by atoms with Crippen LogP contribution in [-0.4, -0.2) is 23.3 Å². The molecule has 0 radical (unpaired) electrons. The van der Waals surface area contributed by atoms with E-state index in [0.717, 1.165) is 5.57 Å². The fraction of sp³-hybridized carbons (Fsp3) is 0.667. The van der Waals surface area contributed by atoms with Crippen molar-refractivity contribution in [2.45, 2.75) is 39.4 Å². The van der Waals surface area contributed by atoms with Crippen LogP contribution in [0.5, 0.6) is 0 Å². The van der Waals surface area contributed by atoms with Crippen LogP contribution in [0.4, 0.5) is 0 Å². The zero-order valence-corrected chi connectivity index (χ0v) is 7.83. The first kappa shape index (κ1) is 11.2. The quantitative estimate of drug-likeness (QED) is 0.513. The molecule has 1 N–H and O–H groups in total. The summed E-state index contributed by atoms with van der Waals surface area (Å²) in [6, 6.07) is 0. The van der Waals surface area contributed by atoms with Crippen LogP contribution in [-0.2, 0) is 9.53 Å². The van der Waals surface area contributed by atoms with Gasteiger partial charge in [0.15, 0.2) is 6.10 Å². The molecule has 0 unspecified atom stereocenters. The number of carbonyl (C=O) groups is 1. The summed E-state index contributed by atoms with van der Waals surface area (Å²) in [5, 5.41) is 9.20. The van der Waals surface area contributed by atoms with Gasteiger partial charge in [0.05, 0.1) is 6.10 Å². The molecule has 0 saturated carbocycles. The van der Waals surface area contributed by atoms with Gasteiger partial charge in [-0.05, 0) is 20.8 Å². The topological polar surface area (TPSA) is 46.5 Å². The van der Waals surface area contributed by atoms with E-state index in [1.165, 1.54) is 0 Å². The van der Waals surface area contributed by atoms with Gasteiger partial charge in [-0.2, -0.15) is 0 Å². The molecule has 1 atom stereocenters. The molecule has 12 heavy (non-hydrogen) atoms. The molecule has 0 aliphatic heterocycles. The van der Waals surface area contributed by atoms with E-state index < -0.39 is 12.1 Å². The Hall–Kier alpha value is -0.830. The summed E-state index contributed by atoms with van der Waals surface area (Å²) in [4.78, 5) is 11.0. The first-order chi connectivity index (χ1) is 5.43. The van der Waals surface area contributed by atoms with E-state index in [2.05, 4.69) is 6.58 Å². The zero-order chi connectivity index (χ0) is 9.72. The minimum absolute atomic E-state index is 0.183. The monoisotopic (exact) mass is 172 g/mol. The average molecular weight is 172 g/mol. The fourth-order valence-electron chi connectivity index (χ4n) is 0.724. The molecule has 0 aromatic heterocycles. The van der Waals surface area contributed by atoms with Crippen molar-refractivity contribution in [1.29, 1.82) is 0 Å². The molecule has 0 fully saturated rings. The van der Waals surface area contributed by atoms with Crippen molar-refractivity contribution in [2.24, 2.45) is 0 Å². The van der Waals surface area contributed by atoms with Gasteiger partial charge in [-0.25, -0.2) is 4.79 Å². The van der Waals surface area contributed by atoms with Gasteiger partial charge in [0.25, 0.3) is 0 Å². The van der Waals surface area contributed by atoms with Crippen molar-refractivity contribution in [3.63, 3.8) is 0 Å². The van der Waals surface area contributed by atoms with Crippen molar-refractivity contribution in [1.82, 2.24) is 0 Å². The molecule has 0 amide bonds. The smallest absolute Gasteiger partial charge is 0.335 e. The van der Waals surface area contributed by atoms with Crippen molar-refractivity contribution in [3.8, 4) is 0 Å². The third kappa shape index (κ3) is 4.91. The van der Waals surface area contributed by atoms with Crippen molar-refractivity contribution < 1.29 is 14.6 Å².